The second kappa shape index (κ2) is 6.65. The van der Waals surface area contributed by atoms with Crippen molar-refractivity contribution >= 4 is 38.1 Å². The minimum atomic E-state index is -3.72. The van der Waals surface area contributed by atoms with Crippen LogP contribution in [0.3, 0.4) is 0 Å². The van der Waals surface area contributed by atoms with Gasteiger partial charge in [-0.1, -0.05) is 5.16 Å². The number of hydrogen-bond donors (Lipinski definition) is 2. The minimum absolute atomic E-state index is 0.0676. The lowest BCUT2D eigenvalue weighted by Gasteiger charge is -2.08. The predicted octanol–water partition coefficient (Wildman–Crippen LogP) is 2.80. The summed E-state index contributed by atoms with van der Waals surface area (Å²) in [6.07, 6.45) is 1.51. The largest absolute Gasteiger partial charge is 0.361 e. The van der Waals surface area contributed by atoms with Crippen molar-refractivity contribution in [3.63, 3.8) is 0 Å². The topological polar surface area (TPSA) is 114 Å². The zero-order chi connectivity index (χ0) is 18.0. The molecular formula is C15H14N4O4S2. The van der Waals surface area contributed by atoms with Crippen LogP contribution in [-0.4, -0.2) is 24.5 Å². The molecule has 130 valence electrons. The summed E-state index contributed by atoms with van der Waals surface area (Å²) >= 11 is 1.18. The lowest BCUT2D eigenvalue weighted by atomic mass is 10.2. The Balaban J connectivity index is 1.75. The number of thiazole rings is 1. The molecule has 1 amide bonds. The summed E-state index contributed by atoms with van der Waals surface area (Å²) in [6.45, 7) is 3.32. The Morgan fingerprint density at radius 2 is 1.92 bits per heavy atom. The third-order valence-electron chi connectivity index (χ3n) is 3.34. The number of nitrogens with one attached hydrogen (secondary N) is 2. The molecule has 25 heavy (non-hydrogen) atoms. The van der Waals surface area contributed by atoms with Crippen molar-refractivity contribution in [3.05, 3.63) is 52.9 Å². The third kappa shape index (κ3) is 3.69. The summed E-state index contributed by atoms with van der Waals surface area (Å²) in [6, 6.07) is 5.82. The zero-order valence-corrected chi connectivity index (χ0v) is 14.9. The standard InChI is InChI=1S/C15H14N4O4S2/c1-9-13(10(2)23-18-9)14(20)17-11-3-5-12(6-4-11)25(21,22)19-15-16-7-8-24-15/h3-8H,1-2H3,(H,16,19)(H,17,20). The average molecular weight is 378 g/mol. The van der Waals surface area contributed by atoms with E-state index in [0.29, 0.717) is 22.7 Å². The summed E-state index contributed by atoms with van der Waals surface area (Å²) < 4.78 is 31.9. The lowest BCUT2D eigenvalue weighted by Crippen LogP contribution is -2.15. The molecule has 0 aliphatic rings. The van der Waals surface area contributed by atoms with Gasteiger partial charge in [-0.2, -0.15) is 0 Å². The van der Waals surface area contributed by atoms with Gasteiger partial charge in [0.05, 0.1) is 10.6 Å². The highest BCUT2D eigenvalue weighted by Gasteiger charge is 2.19. The molecule has 3 rings (SSSR count). The SMILES string of the molecule is Cc1noc(C)c1C(=O)Nc1ccc(S(=O)(=O)Nc2nccs2)cc1. The van der Waals surface area contributed by atoms with E-state index in [1.807, 2.05) is 0 Å². The fraction of sp³-hybridized carbons (Fsp3) is 0.133. The van der Waals surface area contributed by atoms with E-state index in [1.54, 1.807) is 19.2 Å². The van der Waals surface area contributed by atoms with Gasteiger partial charge in [0, 0.05) is 17.3 Å². The Labute approximate surface area is 147 Å². The van der Waals surface area contributed by atoms with Crippen LogP contribution in [0.15, 0.2) is 45.3 Å². The quantitative estimate of drug-likeness (QED) is 0.705. The van der Waals surface area contributed by atoms with Crippen molar-refractivity contribution < 1.29 is 17.7 Å². The van der Waals surface area contributed by atoms with Gasteiger partial charge in [-0.05, 0) is 38.1 Å². The van der Waals surface area contributed by atoms with Crippen LogP contribution in [0.1, 0.15) is 21.8 Å². The van der Waals surface area contributed by atoms with Crippen molar-refractivity contribution in [2.45, 2.75) is 18.7 Å². The molecule has 0 unspecified atom stereocenters. The molecule has 8 nitrogen and oxygen atoms in total. The van der Waals surface area contributed by atoms with Gasteiger partial charge in [0.1, 0.15) is 11.3 Å². The molecule has 0 atom stereocenters. The zero-order valence-electron chi connectivity index (χ0n) is 13.3. The van der Waals surface area contributed by atoms with Gasteiger partial charge < -0.3 is 9.84 Å². The number of nitrogens with zero attached hydrogens (tertiary/aromatic N) is 2. The van der Waals surface area contributed by atoms with Crippen molar-refractivity contribution in [2.75, 3.05) is 10.0 Å². The number of aromatic nitrogens is 2. The van der Waals surface area contributed by atoms with Crippen molar-refractivity contribution in [1.82, 2.24) is 10.1 Å². The van der Waals surface area contributed by atoms with E-state index in [0.717, 1.165) is 0 Å². The summed E-state index contributed by atoms with van der Waals surface area (Å²) in [5.41, 5.74) is 1.31. The van der Waals surface area contributed by atoms with Crippen molar-refractivity contribution in [1.29, 1.82) is 0 Å². The Morgan fingerprint density at radius 3 is 2.48 bits per heavy atom. The van der Waals surface area contributed by atoms with Crippen LogP contribution < -0.4 is 10.0 Å². The Hall–Kier alpha value is -2.72. The Bertz CT molecular complexity index is 973. The molecule has 0 aliphatic carbocycles. The fourth-order valence-electron chi connectivity index (χ4n) is 2.17. The van der Waals surface area contributed by atoms with Gasteiger partial charge in [0.2, 0.25) is 0 Å². The smallest absolute Gasteiger partial charge is 0.263 e. The molecule has 2 N–H and O–H groups in total. The molecule has 0 bridgehead atoms. The van der Waals surface area contributed by atoms with Crippen LogP contribution in [0.5, 0.6) is 0 Å². The summed E-state index contributed by atoms with van der Waals surface area (Å²) in [7, 11) is -3.72. The first-order chi connectivity index (χ1) is 11.9. The van der Waals surface area contributed by atoms with Crippen LogP contribution in [-0.2, 0) is 10.0 Å². The number of carbonyl (C=O) groups excluding carboxylic acids is 1. The lowest BCUT2D eigenvalue weighted by molar-refractivity contribution is 0.102. The molecule has 3 aromatic rings. The second-order valence-corrected chi connectivity index (χ2v) is 7.70. The highest BCUT2D eigenvalue weighted by atomic mass is 32.2. The van der Waals surface area contributed by atoms with Gasteiger partial charge >= 0.3 is 0 Å². The number of carbonyl (C=O) groups is 1. The Kier molecular flexibility index (Phi) is 4.55. The average Bonchev–Trinajstić information content (AvgIpc) is 3.17. The number of aryl methyl sites for hydroxylation is 2. The maximum atomic E-state index is 12.3. The number of hydrogen-bond acceptors (Lipinski definition) is 7. The Morgan fingerprint density at radius 1 is 1.20 bits per heavy atom. The van der Waals surface area contributed by atoms with Crippen LogP contribution in [0, 0.1) is 13.8 Å². The van der Waals surface area contributed by atoms with E-state index >= 15 is 0 Å². The molecule has 2 heterocycles. The van der Waals surface area contributed by atoms with Crippen molar-refractivity contribution in [2.24, 2.45) is 0 Å². The number of sulfonamides is 1. The molecular weight excluding hydrogens is 364 g/mol. The van der Waals surface area contributed by atoms with Gasteiger partial charge in [-0.3, -0.25) is 9.52 Å². The molecule has 0 saturated carbocycles. The monoisotopic (exact) mass is 378 g/mol. The van der Waals surface area contributed by atoms with Crippen LogP contribution in [0.2, 0.25) is 0 Å². The molecule has 0 saturated heterocycles. The van der Waals surface area contributed by atoms with Gasteiger partial charge in [-0.15, -0.1) is 11.3 Å². The van der Waals surface area contributed by atoms with Crippen molar-refractivity contribution in [3.8, 4) is 0 Å². The molecule has 0 radical (unpaired) electrons. The summed E-state index contributed by atoms with van der Waals surface area (Å²) in [4.78, 5) is 16.2. The van der Waals surface area contributed by atoms with E-state index in [2.05, 4.69) is 20.2 Å². The highest BCUT2D eigenvalue weighted by Crippen LogP contribution is 2.20. The minimum Gasteiger partial charge on any atom is -0.361 e. The molecule has 2 aromatic heterocycles. The van der Waals surface area contributed by atoms with Crippen LogP contribution in [0.25, 0.3) is 0 Å². The number of amides is 1. The first-order valence-corrected chi connectivity index (χ1v) is 9.50. The third-order valence-corrected chi connectivity index (χ3v) is 5.51. The summed E-state index contributed by atoms with van der Waals surface area (Å²) in [5.74, 6) is 0.0506. The van der Waals surface area contributed by atoms with E-state index in [9.17, 15) is 13.2 Å². The molecule has 0 aliphatic heterocycles. The summed E-state index contributed by atoms with van der Waals surface area (Å²) in [5, 5.41) is 8.38. The number of rotatable bonds is 5. The first kappa shape index (κ1) is 17.1. The normalized spacial score (nSPS) is 11.3. The van der Waals surface area contributed by atoms with Crippen LogP contribution >= 0.6 is 11.3 Å². The van der Waals surface area contributed by atoms with Crippen LogP contribution in [0.4, 0.5) is 10.8 Å². The maximum absolute atomic E-state index is 12.3. The van der Waals surface area contributed by atoms with E-state index in [1.165, 1.54) is 41.8 Å². The fourth-order valence-corrected chi connectivity index (χ4v) is 3.95. The van der Waals surface area contributed by atoms with Gasteiger partial charge in [0.25, 0.3) is 15.9 Å². The number of anilines is 2. The first-order valence-electron chi connectivity index (χ1n) is 7.13. The van der Waals surface area contributed by atoms with E-state index < -0.39 is 10.0 Å². The van der Waals surface area contributed by atoms with Gasteiger partial charge in [-0.25, -0.2) is 13.4 Å². The molecule has 1 aromatic carbocycles. The molecule has 0 fully saturated rings. The van der Waals surface area contributed by atoms with E-state index in [4.69, 9.17) is 4.52 Å². The van der Waals surface area contributed by atoms with Gasteiger partial charge in [0.15, 0.2) is 5.13 Å². The number of benzene rings is 1. The predicted molar refractivity (Wildman–Crippen MR) is 93.3 cm³/mol. The molecule has 0 spiro atoms. The second-order valence-electron chi connectivity index (χ2n) is 5.12. The van der Waals surface area contributed by atoms with E-state index in [-0.39, 0.29) is 15.9 Å². The molecule has 10 heteroatoms. The maximum Gasteiger partial charge on any atom is 0.263 e. The highest BCUT2D eigenvalue weighted by molar-refractivity contribution is 7.93.